The van der Waals surface area contributed by atoms with E-state index in [4.69, 9.17) is 13.8 Å². The Labute approximate surface area is 181 Å². The molecule has 1 aromatic carbocycles. The molecule has 1 fully saturated rings. The molecule has 0 radical (unpaired) electrons. The van der Waals surface area contributed by atoms with Crippen LogP contribution in [0.4, 0.5) is 5.69 Å². The molecule has 3 rings (SSSR count). The zero-order chi connectivity index (χ0) is 22.8. The average molecular weight is 449 g/mol. The van der Waals surface area contributed by atoms with Crippen LogP contribution in [0.1, 0.15) is 41.5 Å². The van der Waals surface area contributed by atoms with Gasteiger partial charge in [-0.15, -0.1) is 0 Å². The molecule has 10 heteroatoms. The third-order valence-electron chi connectivity index (χ3n) is 5.24. The van der Waals surface area contributed by atoms with Gasteiger partial charge < -0.3 is 4.74 Å². The molecular formula is C21H26N2O7P+. The van der Waals surface area contributed by atoms with E-state index >= 15 is 0 Å². The van der Waals surface area contributed by atoms with Crippen LogP contribution in [0.3, 0.4) is 0 Å². The average Bonchev–Trinajstić information content (AvgIpc) is 2.74. The molecule has 0 spiro atoms. The first kappa shape index (κ1) is 23.2. The van der Waals surface area contributed by atoms with E-state index in [2.05, 4.69) is 11.9 Å². The lowest BCUT2D eigenvalue weighted by Crippen LogP contribution is -2.32. The van der Waals surface area contributed by atoms with E-state index in [1.165, 1.54) is 25.3 Å². The van der Waals surface area contributed by atoms with Crippen molar-refractivity contribution in [3.05, 3.63) is 51.3 Å². The van der Waals surface area contributed by atoms with Gasteiger partial charge in [-0.1, -0.05) is 25.5 Å². The van der Waals surface area contributed by atoms with E-state index in [1.54, 1.807) is 19.9 Å². The number of para-hydroxylation sites is 1. The number of hydrogen-bond donors (Lipinski definition) is 1. The maximum Gasteiger partial charge on any atom is 0.448 e. The van der Waals surface area contributed by atoms with Crippen LogP contribution in [-0.4, -0.2) is 41.1 Å². The lowest BCUT2D eigenvalue weighted by atomic mass is 9.96. The molecule has 0 aliphatic carbocycles. The molecule has 1 aliphatic heterocycles. The van der Waals surface area contributed by atoms with Gasteiger partial charge in [0.2, 0.25) is 5.30 Å². The summed E-state index contributed by atoms with van der Waals surface area (Å²) in [6, 6.07) is 6.03. The van der Waals surface area contributed by atoms with Gasteiger partial charge in [0.1, 0.15) is 13.2 Å². The number of ether oxygens (including phenoxy) is 1. The van der Waals surface area contributed by atoms with E-state index in [-0.39, 0.29) is 46.8 Å². The highest BCUT2D eigenvalue weighted by Crippen LogP contribution is 2.61. The van der Waals surface area contributed by atoms with Gasteiger partial charge in [-0.05, 0) is 26.3 Å². The molecule has 31 heavy (non-hydrogen) atoms. The van der Waals surface area contributed by atoms with Crippen LogP contribution in [0.15, 0.2) is 24.3 Å². The Balaban J connectivity index is 2.30. The molecule has 0 unspecified atom stereocenters. The van der Waals surface area contributed by atoms with Crippen LogP contribution < -0.4 is 5.30 Å². The van der Waals surface area contributed by atoms with Gasteiger partial charge in [-0.2, -0.15) is 13.9 Å². The molecular weight excluding hydrogens is 423 g/mol. The van der Waals surface area contributed by atoms with Crippen molar-refractivity contribution in [1.29, 1.82) is 0 Å². The number of nitrogens with zero attached hydrogens (tertiary/aromatic N) is 2. The third-order valence-corrected chi connectivity index (χ3v) is 7.35. The number of rotatable bonds is 6. The van der Waals surface area contributed by atoms with Gasteiger partial charge in [0.15, 0.2) is 0 Å². The summed E-state index contributed by atoms with van der Waals surface area (Å²) in [6.45, 7) is 5.90. The molecule has 1 saturated heterocycles. The largest absolute Gasteiger partial charge is 0.465 e. The number of aromatic nitrogens is 1. The second kappa shape index (κ2) is 9.36. The number of methoxy groups -OCH3 is 1. The zero-order valence-electron chi connectivity index (χ0n) is 18.0. The summed E-state index contributed by atoms with van der Waals surface area (Å²) in [7, 11) is -2.44. The van der Waals surface area contributed by atoms with Gasteiger partial charge >= 0.3 is 13.9 Å². The van der Waals surface area contributed by atoms with Crippen molar-refractivity contribution < 1.29 is 28.4 Å². The zero-order valence-corrected chi connectivity index (χ0v) is 18.8. The number of nitro groups is 1. The molecule has 0 bridgehead atoms. The maximum atomic E-state index is 12.7. The third kappa shape index (κ3) is 4.45. The highest BCUT2D eigenvalue weighted by atomic mass is 31.2. The first-order valence-corrected chi connectivity index (χ1v) is 11.6. The minimum atomic E-state index is -3.66. The monoisotopic (exact) mass is 449 g/mol. The van der Waals surface area contributed by atoms with Crippen LogP contribution in [0, 0.1) is 29.9 Å². The van der Waals surface area contributed by atoms with Crippen LogP contribution in [0.25, 0.3) is 11.1 Å². The smallest absolute Gasteiger partial charge is 0.448 e. The Morgan fingerprint density at radius 1 is 1.29 bits per heavy atom. The Hall–Kier alpha value is -2.45. The van der Waals surface area contributed by atoms with Crippen molar-refractivity contribution in [2.45, 2.75) is 33.6 Å². The van der Waals surface area contributed by atoms with Gasteiger partial charge in [0.25, 0.3) is 5.69 Å². The molecule has 0 saturated carbocycles. The number of pyridine rings is 1. The van der Waals surface area contributed by atoms with E-state index in [1.807, 2.05) is 0 Å². The second-order valence-corrected chi connectivity index (χ2v) is 9.42. The number of aryl methyl sites for hydroxylation is 2. The predicted molar refractivity (Wildman–Crippen MR) is 116 cm³/mol. The van der Waals surface area contributed by atoms with E-state index < -0.39 is 18.8 Å². The van der Waals surface area contributed by atoms with Crippen molar-refractivity contribution in [1.82, 2.24) is 4.98 Å². The van der Waals surface area contributed by atoms with Gasteiger partial charge in [-0.3, -0.25) is 15.1 Å². The Morgan fingerprint density at radius 3 is 2.52 bits per heavy atom. The summed E-state index contributed by atoms with van der Waals surface area (Å²) in [4.78, 5) is 39.8. The minimum absolute atomic E-state index is 0.0358. The Morgan fingerprint density at radius 2 is 1.94 bits per heavy atom. The highest BCUT2D eigenvalue weighted by Gasteiger charge is 2.53. The predicted octanol–water partition coefficient (Wildman–Crippen LogP) is 3.90. The molecule has 1 aliphatic rings. The van der Waals surface area contributed by atoms with Crippen molar-refractivity contribution in [2.24, 2.45) is 5.92 Å². The Bertz CT molecular complexity index is 1000. The molecule has 9 nitrogen and oxygen atoms in total. The minimum Gasteiger partial charge on any atom is -0.465 e. The van der Waals surface area contributed by atoms with Crippen LogP contribution in [-0.2, 0) is 13.8 Å². The van der Waals surface area contributed by atoms with Crippen molar-refractivity contribution in [3.8, 4) is 11.1 Å². The molecule has 1 N–H and O–H groups in total. The quantitative estimate of drug-likeness (QED) is 0.305. The Kier molecular flexibility index (Phi) is 7.01. The molecule has 166 valence electrons. The van der Waals surface area contributed by atoms with Gasteiger partial charge in [-0.25, -0.2) is 4.79 Å². The van der Waals surface area contributed by atoms with Crippen molar-refractivity contribution in [2.75, 3.05) is 20.3 Å². The first-order chi connectivity index (χ1) is 14.7. The summed E-state index contributed by atoms with van der Waals surface area (Å²) >= 11 is 0. The summed E-state index contributed by atoms with van der Waals surface area (Å²) < 4.78 is 16.6. The highest BCUT2D eigenvalue weighted by molar-refractivity contribution is 7.69. The topological polar surface area (TPSA) is 121 Å². The fraction of sp³-hybridized carbons (Fsp3) is 0.429. The molecule has 0 atom stereocenters. The van der Waals surface area contributed by atoms with Crippen molar-refractivity contribution >= 4 is 24.9 Å². The summed E-state index contributed by atoms with van der Waals surface area (Å²) in [5.74, 6) is -0.578. The summed E-state index contributed by atoms with van der Waals surface area (Å²) in [5.41, 5.74) is 0.846. The summed E-state index contributed by atoms with van der Waals surface area (Å²) in [5, 5.41) is 11.9. The van der Waals surface area contributed by atoms with Crippen LogP contribution >= 0.6 is 7.94 Å². The van der Waals surface area contributed by atoms with Gasteiger partial charge in [0.05, 0.1) is 40.1 Å². The number of carbonyl (C=O) groups is 1. The van der Waals surface area contributed by atoms with Crippen LogP contribution in [0.5, 0.6) is 0 Å². The fourth-order valence-corrected chi connectivity index (χ4v) is 5.98. The van der Waals surface area contributed by atoms with Crippen LogP contribution in [0.2, 0.25) is 0 Å². The summed E-state index contributed by atoms with van der Waals surface area (Å²) in [6.07, 6.45) is 1.84. The normalized spacial score (nSPS) is 21.0. The lowest BCUT2D eigenvalue weighted by molar-refractivity contribution is -0.384. The maximum absolute atomic E-state index is 12.7. The van der Waals surface area contributed by atoms with Crippen molar-refractivity contribution in [3.63, 3.8) is 0 Å². The molecule has 1 aromatic heterocycles. The number of esters is 1. The number of benzene rings is 1. The number of carbonyl (C=O) groups excluding carboxylic acids is 1. The van der Waals surface area contributed by atoms with E-state index in [0.717, 1.165) is 12.8 Å². The van der Waals surface area contributed by atoms with Gasteiger partial charge in [0, 0.05) is 12.0 Å². The lowest BCUT2D eigenvalue weighted by Gasteiger charge is -2.28. The fourth-order valence-electron chi connectivity index (χ4n) is 3.85. The second-order valence-electron chi connectivity index (χ2n) is 7.41. The SMILES string of the molecule is CCCC1CO[P+](O)(c2c(C)nc(C)c(C(=O)OC)c2-c2ccccc2[N+](=O)[O-])OC1. The first-order valence-electron chi connectivity index (χ1n) is 9.98. The van der Waals surface area contributed by atoms with E-state index in [0.29, 0.717) is 11.4 Å². The molecule has 0 amide bonds. The molecule has 2 aromatic rings. The number of nitro benzene ring substituents is 1. The number of hydrogen-bond acceptors (Lipinski definition) is 8. The molecule has 2 heterocycles. The van der Waals surface area contributed by atoms with E-state index in [9.17, 15) is 19.8 Å². The standard InChI is InChI=1S/C21H26N2O7P/c1-5-8-15-11-29-31(27,30-12-15)20-14(3)22-13(2)18(21(24)28-4)19(20)16-9-6-7-10-17(16)23(25)26/h6-7,9-10,15,27H,5,8,11-12H2,1-4H3/q+1.